The second-order valence-corrected chi connectivity index (χ2v) is 4.40. The van der Waals surface area contributed by atoms with Crippen molar-refractivity contribution in [3.05, 3.63) is 51.5 Å². The lowest BCUT2D eigenvalue weighted by atomic mass is 10.0. The number of methoxy groups -OCH3 is 2. The monoisotopic (exact) mass is 293 g/mol. The van der Waals surface area contributed by atoms with Gasteiger partial charge in [0.2, 0.25) is 0 Å². The maximum absolute atomic E-state index is 10.9. The van der Waals surface area contributed by atoms with Crippen LogP contribution in [0, 0.1) is 10.1 Å². The molecule has 6 heteroatoms. The Morgan fingerprint density at radius 3 is 2.20 bits per heavy atom. The molecule has 0 unspecified atom stereocenters. The van der Waals surface area contributed by atoms with Crippen LogP contribution in [-0.2, 0) is 0 Å². The van der Waals surface area contributed by atoms with Crippen molar-refractivity contribution in [2.45, 2.75) is 0 Å². The van der Waals surface area contributed by atoms with Gasteiger partial charge in [0.15, 0.2) is 11.5 Å². The lowest BCUT2D eigenvalue weighted by Gasteiger charge is -2.09. The molecular formula is C14H12ClNO4. The van der Waals surface area contributed by atoms with Crippen LogP contribution in [-0.4, -0.2) is 19.1 Å². The summed E-state index contributed by atoms with van der Waals surface area (Å²) >= 11 is 5.80. The second-order valence-electron chi connectivity index (χ2n) is 3.99. The van der Waals surface area contributed by atoms with Gasteiger partial charge in [0.05, 0.1) is 19.1 Å². The average molecular weight is 294 g/mol. The minimum Gasteiger partial charge on any atom is -0.493 e. The predicted molar refractivity (Wildman–Crippen MR) is 76.6 cm³/mol. The number of hydrogen-bond acceptors (Lipinski definition) is 4. The first-order chi connectivity index (χ1) is 9.56. The van der Waals surface area contributed by atoms with Crippen LogP contribution in [0.1, 0.15) is 0 Å². The van der Waals surface area contributed by atoms with Crippen molar-refractivity contribution in [1.29, 1.82) is 0 Å². The van der Waals surface area contributed by atoms with Crippen LogP contribution in [0.4, 0.5) is 5.69 Å². The summed E-state index contributed by atoms with van der Waals surface area (Å²) in [6.07, 6.45) is 0. The molecule has 0 fully saturated rings. The summed E-state index contributed by atoms with van der Waals surface area (Å²) in [4.78, 5) is 10.4. The van der Waals surface area contributed by atoms with Crippen molar-refractivity contribution in [2.75, 3.05) is 14.2 Å². The minimum absolute atomic E-state index is 0.110. The van der Waals surface area contributed by atoms with Gasteiger partial charge in [0.25, 0.3) is 5.69 Å². The van der Waals surface area contributed by atoms with Gasteiger partial charge in [0.1, 0.15) is 5.02 Å². The van der Waals surface area contributed by atoms with Crippen molar-refractivity contribution >= 4 is 17.3 Å². The molecule has 0 aromatic heterocycles. The van der Waals surface area contributed by atoms with E-state index in [-0.39, 0.29) is 10.7 Å². The molecule has 20 heavy (non-hydrogen) atoms. The number of rotatable bonds is 4. The Balaban J connectivity index is 2.51. The first kappa shape index (κ1) is 14.1. The molecule has 2 aromatic rings. The summed E-state index contributed by atoms with van der Waals surface area (Å²) in [5.74, 6) is 1.15. The summed E-state index contributed by atoms with van der Waals surface area (Å²) < 4.78 is 10.4. The van der Waals surface area contributed by atoms with E-state index < -0.39 is 4.92 Å². The zero-order chi connectivity index (χ0) is 14.7. The van der Waals surface area contributed by atoms with Crippen molar-refractivity contribution in [3.8, 4) is 22.6 Å². The van der Waals surface area contributed by atoms with Crippen molar-refractivity contribution < 1.29 is 14.4 Å². The highest BCUT2D eigenvalue weighted by Crippen LogP contribution is 2.35. The van der Waals surface area contributed by atoms with Gasteiger partial charge in [-0.05, 0) is 29.3 Å². The molecule has 0 saturated heterocycles. The molecule has 104 valence electrons. The fourth-order valence-corrected chi connectivity index (χ4v) is 2.03. The summed E-state index contributed by atoms with van der Waals surface area (Å²) in [5, 5.41) is 11.0. The Morgan fingerprint density at radius 1 is 1.00 bits per heavy atom. The molecule has 0 atom stereocenters. The highest BCUT2D eigenvalue weighted by Gasteiger charge is 2.14. The van der Waals surface area contributed by atoms with E-state index >= 15 is 0 Å². The SMILES string of the molecule is COc1ccc(-c2ccc(Cl)c([N+](=O)[O-])c2)cc1OC. The second kappa shape index (κ2) is 5.79. The maximum atomic E-state index is 10.9. The van der Waals surface area contributed by atoms with Crippen LogP contribution >= 0.6 is 11.6 Å². The minimum atomic E-state index is -0.507. The van der Waals surface area contributed by atoms with Crippen LogP contribution < -0.4 is 9.47 Å². The van der Waals surface area contributed by atoms with E-state index in [1.807, 2.05) is 0 Å². The third-order valence-electron chi connectivity index (χ3n) is 2.86. The first-order valence-corrected chi connectivity index (χ1v) is 6.11. The number of halogens is 1. The standard InChI is InChI=1S/C14H12ClNO4/c1-19-13-6-4-10(8-14(13)20-2)9-3-5-11(15)12(7-9)16(17)18/h3-8H,1-2H3. The molecule has 0 bridgehead atoms. The number of nitrogens with zero attached hydrogens (tertiary/aromatic N) is 1. The summed E-state index contributed by atoms with van der Waals surface area (Å²) in [5.41, 5.74) is 1.34. The van der Waals surface area contributed by atoms with Gasteiger partial charge in [-0.1, -0.05) is 23.7 Å². The summed E-state index contributed by atoms with van der Waals surface area (Å²) in [7, 11) is 3.08. The number of hydrogen-bond donors (Lipinski definition) is 0. The smallest absolute Gasteiger partial charge is 0.288 e. The normalized spacial score (nSPS) is 10.2. The molecule has 2 rings (SSSR count). The Bertz CT molecular complexity index is 658. The molecule has 0 radical (unpaired) electrons. The highest BCUT2D eigenvalue weighted by atomic mass is 35.5. The molecule has 2 aromatic carbocycles. The van der Waals surface area contributed by atoms with E-state index in [9.17, 15) is 10.1 Å². The Morgan fingerprint density at radius 2 is 1.60 bits per heavy atom. The van der Waals surface area contributed by atoms with Gasteiger partial charge in [-0.3, -0.25) is 10.1 Å². The molecule has 0 heterocycles. The zero-order valence-electron chi connectivity index (χ0n) is 10.9. The molecule has 0 amide bonds. The number of ether oxygens (including phenoxy) is 2. The van der Waals surface area contributed by atoms with Gasteiger partial charge in [-0.25, -0.2) is 0 Å². The van der Waals surface area contributed by atoms with E-state index in [4.69, 9.17) is 21.1 Å². The van der Waals surface area contributed by atoms with Gasteiger partial charge in [-0.2, -0.15) is 0 Å². The van der Waals surface area contributed by atoms with Crippen LogP contribution in [0.3, 0.4) is 0 Å². The van der Waals surface area contributed by atoms with Crippen molar-refractivity contribution in [2.24, 2.45) is 0 Å². The van der Waals surface area contributed by atoms with E-state index in [1.54, 1.807) is 31.4 Å². The Labute approximate surface area is 120 Å². The number of nitro groups is 1. The fourth-order valence-electron chi connectivity index (χ4n) is 1.85. The van der Waals surface area contributed by atoms with E-state index in [0.29, 0.717) is 17.1 Å². The van der Waals surface area contributed by atoms with Crippen LogP contribution in [0.2, 0.25) is 5.02 Å². The molecular weight excluding hydrogens is 282 g/mol. The van der Waals surface area contributed by atoms with E-state index in [1.165, 1.54) is 19.2 Å². The molecule has 0 N–H and O–H groups in total. The predicted octanol–water partition coefficient (Wildman–Crippen LogP) is 3.93. The van der Waals surface area contributed by atoms with Gasteiger partial charge < -0.3 is 9.47 Å². The van der Waals surface area contributed by atoms with Crippen molar-refractivity contribution in [1.82, 2.24) is 0 Å². The average Bonchev–Trinajstić information content (AvgIpc) is 2.46. The van der Waals surface area contributed by atoms with Crippen molar-refractivity contribution in [3.63, 3.8) is 0 Å². The highest BCUT2D eigenvalue weighted by molar-refractivity contribution is 6.32. The fraction of sp³-hybridized carbons (Fsp3) is 0.143. The van der Waals surface area contributed by atoms with E-state index in [0.717, 1.165) is 5.56 Å². The molecule has 5 nitrogen and oxygen atoms in total. The molecule has 0 saturated carbocycles. The molecule has 0 aliphatic carbocycles. The summed E-state index contributed by atoms with van der Waals surface area (Å²) in [6, 6.07) is 9.96. The van der Waals surface area contributed by atoms with Gasteiger partial charge in [-0.15, -0.1) is 0 Å². The molecule has 0 aliphatic rings. The third-order valence-corrected chi connectivity index (χ3v) is 3.18. The lowest BCUT2D eigenvalue weighted by molar-refractivity contribution is -0.384. The van der Waals surface area contributed by atoms with Gasteiger partial charge >= 0.3 is 0 Å². The van der Waals surface area contributed by atoms with Crippen LogP contribution in [0.5, 0.6) is 11.5 Å². The van der Waals surface area contributed by atoms with E-state index in [2.05, 4.69) is 0 Å². The van der Waals surface area contributed by atoms with Crippen LogP contribution in [0.25, 0.3) is 11.1 Å². The zero-order valence-corrected chi connectivity index (χ0v) is 11.7. The first-order valence-electron chi connectivity index (χ1n) is 5.73. The topological polar surface area (TPSA) is 61.6 Å². The number of nitro benzene ring substituents is 1. The molecule has 0 spiro atoms. The largest absolute Gasteiger partial charge is 0.493 e. The third kappa shape index (κ3) is 2.67. The lowest BCUT2D eigenvalue weighted by Crippen LogP contribution is -1.92. The maximum Gasteiger partial charge on any atom is 0.288 e. The molecule has 0 aliphatic heterocycles. The number of benzene rings is 2. The summed E-state index contributed by atoms with van der Waals surface area (Å²) in [6.45, 7) is 0. The van der Waals surface area contributed by atoms with Gasteiger partial charge in [0, 0.05) is 6.07 Å². The van der Waals surface area contributed by atoms with Crippen LogP contribution in [0.15, 0.2) is 36.4 Å². The Kier molecular flexibility index (Phi) is 4.10. The quantitative estimate of drug-likeness (QED) is 0.633. The Hall–Kier alpha value is -2.27.